The molecule has 0 fully saturated rings. The molecule has 3 aromatic rings. The molecule has 0 atom stereocenters. The number of hydrogen-bond acceptors (Lipinski definition) is 5. The summed E-state index contributed by atoms with van der Waals surface area (Å²) in [5.74, 6) is 0.992. The number of ketones is 1. The number of anilines is 1. The Morgan fingerprint density at radius 3 is 2.85 bits per heavy atom. The maximum atomic E-state index is 12.6. The van der Waals surface area contributed by atoms with Gasteiger partial charge >= 0.3 is 0 Å². The second-order valence-corrected chi connectivity index (χ2v) is 7.46. The standard InChI is InChI=1S/C20H18N4O2S/c1-12-4-3-5-16(8-12)24-13(2)22-23-20(24)27-11-18(25)14-6-7-17-15(9-14)10-19(26)21-17/h3-9H,10-11H2,1-2H3,(H,21,26). The Kier molecular flexibility index (Phi) is 4.53. The fraction of sp³-hybridized carbons (Fsp3) is 0.200. The maximum absolute atomic E-state index is 12.6. The third-order valence-electron chi connectivity index (χ3n) is 4.44. The summed E-state index contributed by atoms with van der Waals surface area (Å²) in [4.78, 5) is 24.1. The van der Waals surface area contributed by atoms with Gasteiger partial charge in [-0.3, -0.25) is 14.2 Å². The van der Waals surface area contributed by atoms with E-state index in [1.807, 2.05) is 36.6 Å². The van der Waals surface area contributed by atoms with Crippen molar-refractivity contribution in [1.82, 2.24) is 14.8 Å². The van der Waals surface area contributed by atoms with Gasteiger partial charge in [0.25, 0.3) is 0 Å². The highest BCUT2D eigenvalue weighted by molar-refractivity contribution is 7.99. The van der Waals surface area contributed by atoms with Crippen LogP contribution in [0.3, 0.4) is 0 Å². The van der Waals surface area contributed by atoms with E-state index in [-0.39, 0.29) is 17.4 Å². The number of hydrogen-bond donors (Lipinski definition) is 1. The van der Waals surface area contributed by atoms with E-state index in [1.165, 1.54) is 11.8 Å². The average molecular weight is 378 g/mol. The average Bonchev–Trinajstić information content (AvgIpc) is 3.20. The van der Waals surface area contributed by atoms with Gasteiger partial charge in [0.15, 0.2) is 10.9 Å². The SMILES string of the molecule is Cc1cccc(-n2c(C)nnc2SCC(=O)c2ccc3c(c2)CC(=O)N3)c1. The first kappa shape index (κ1) is 17.5. The Morgan fingerprint density at radius 1 is 1.19 bits per heavy atom. The molecule has 2 heterocycles. The highest BCUT2D eigenvalue weighted by Gasteiger charge is 2.20. The zero-order valence-corrected chi connectivity index (χ0v) is 15.8. The van der Waals surface area contributed by atoms with Gasteiger partial charge in [-0.05, 0) is 55.3 Å². The van der Waals surface area contributed by atoms with Crippen molar-refractivity contribution in [3.8, 4) is 5.69 Å². The number of carbonyl (C=O) groups excluding carboxylic acids is 2. The van der Waals surface area contributed by atoms with E-state index in [2.05, 4.69) is 21.6 Å². The lowest BCUT2D eigenvalue weighted by Gasteiger charge is -2.09. The van der Waals surface area contributed by atoms with Gasteiger partial charge in [0.2, 0.25) is 5.91 Å². The second-order valence-electron chi connectivity index (χ2n) is 6.51. The fourth-order valence-electron chi connectivity index (χ4n) is 3.12. The summed E-state index contributed by atoms with van der Waals surface area (Å²) in [5, 5.41) is 11.9. The number of nitrogens with one attached hydrogen (secondary N) is 1. The van der Waals surface area contributed by atoms with Crippen LogP contribution in [-0.2, 0) is 11.2 Å². The molecule has 0 bridgehead atoms. The highest BCUT2D eigenvalue weighted by atomic mass is 32.2. The van der Waals surface area contributed by atoms with Crippen molar-refractivity contribution in [2.75, 3.05) is 11.1 Å². The number of aryl methyl sites for hydroxylation is 2. The van der Waals surface area contributed by atoms with E-state index in [0.29, 0.717) is 17.1 Å². The minimum atomic E-state index is -0.0364. The van der Waals surface area contributed by atoms with E-state index in [0.717, 1.165) is 28.3 Å². The van der Waals surface area contributed by atoms with Gasteiger partial charge in [-0.25, -0.2) is 0 Å². The van der Waals surface area contributed by atoms with Crippen LogP contribution in [-0.4, -0.2) is 32.2 Å². The predicted molar refractivity (Wildman–Crippen MR) is 105 cm³/mol. The molecule has 0 spiro atoms. The van der Waals surface area contributed by atoms with Crippen LogP contribution in [0, 0.1) is 13.8 Å². The number of aromatic nitrogens is 3. The van der Waals surface area contributed by atoms with Crippen LogP contribution in [0.25, 0.3) is 5.69 Å². The van der Waals surface area contributed by atoms with E-state index in [4.69, 9.17) is 0 Å². The summed E-state index contributed by atoms with van der Waals surface area (Å²) in [7, 11) is 0. The molecule has 136 valence electrons. The molecule has 0 unspecified atom stereocenters. The summed E-state index contributed by atoms with van der Waals surface area (Å²) in [5.41, 5.74) is 4.40. The Balaban J connectivity index is 1.52. The minimum Gasteiger partial charge on any atom is -0.326 e. The van der Waals surface area contributed by atoms with Gasteiger partial charge in [0, 0.05) is 16.9 Å². The third kappa shape index (κ3) is 3.50. The number of fused-ring (bicyclic) bond motifs is 1. The van der Waals surface area contributed by atoms with Crippen LogP contribution in [0.5, 0.6) is 0 Å². The van der Waals surface area contributed by atoms with Gasteiger partial charge < -0.3 is 5.32 Å². The van der Waals surface area contributed by atoms with Crippen molar-refractivity contribution in [3.05, 3.63) is 65.0 Å². The van der Waals surface area contributed by atoms with Crippen molar-refractivity contribution in [1.29, 1.82) is 0 Å². The molecule has 0 saturated heterocycles. The van der Waals surface area contributed by atoms with E-state index >= 15 is 0 Å². The monoisotopic (exact) mass is 378 g/mol. The molecule has 7 heteroatoms. The molecule has 1 amide bonds. The van der Waals surface area contributed by atoms with Gasteiger partial charge in [-0.1, -0.05) is 23.9 Å². The van der Waals surface area contributed by atoms with Crippen molar-refractivity contribution in [3.63, 3.8) is 0 Å². The molecule has 1 aliphatic rings. The minimum absolute atomic E-state index is 0.00130. The summed E-state index contributed by atoms with van der Waals surface area (Å²) in [6.45, 7) is 3.93. The van der Waals surface area contributed by atoms with E-state index in [1.54, 1.807) is 18.2 Å². The van der Waals surface area contributed by atoms with Gasteiger partial charge in [-0.2, -0.15) is 0 Å². The molecule has 0 radical (unpaired) electrons. The van der Waals surface area contributed by atoms with Crippen molar-refractivity contribution in [2.24, 2.45) is 0 Å². The first-order valence-electron chi connectivity index (χ1n) is 8.59. The zero-order chi connectivity index (χ0) is 19.0. The number of thioether (sulfide) groups is 1. The molecule has 0 aliphatic carbocycles. The van der Waals surface area contributed by atoms with Crippen LogP contribution in [0.15, 0.2) is 47.6 Å². The van der Waals surface area contributed by atoms with E-state index < -0.39 is 0 Å². The Labute approximate surface area is 161 Å². The van der Waals surface area contributed by atoms with Crippen LogP contribution in [0.4, 0.5) is 5.69 Å². The summed E-state index contributed by atoms with van der Waals surface area (Å²) in [6, 6.07) is 13.4. The summed E-state index contributed by atoms with van der Waals surface area (Å²) >= 11 is 1.36. The van der Waals surface area contributed by atoms with Crippen molar-refractivity contribution >= 4 is 29.1 Å². The molecule has 0 saturated carbocycles. The number of amides is 1. The maximum Gasteiger partial charge on any atom is 0.228 e. The van der Waals surface area contributed by atoms with Crippen molar-refractivity contribution in [2.45, 2.75) is 25.4 Å². The molecular weight excluding hydrogens is 360 g/mol. The lowest BCUT2D eigenvalue weighted by Crippen LogP contribution is -2.05. The largest absolute Gasteiger partial charge is 0.326 e. The van der Waals surface area contributed by atoms with Gasteiger partial charge in [-0.15, -0.1) is 10.2 Å². The van der Waals surface area contributed by atoms with Crippen LogP contribution < -0.4 is 5.32 Å². The molecular formula is C20H18N4O2S. The van der Waals surface area contributed by atoms with Crippen LogP contribution in [0.1, 0.15) is 27.3 Å². The zero-order valence-electron chi connectivity index (χ0n) is 15.0. The lowest BCUT2D eigenvalue weighted by atomic mass is 10.1. The summed E-state index contributed by atoms with van der Waals surface area (Å²) in [6.07, 6.45) is 0.324. The smallest absolute Gasteiger partial charge is 0.228 e. The molecule has 27 heavy (non-hydrogen) atoms. The topological polar surface area (TPSA) is 76.9 Å². The molecule has 4 rings (SSSR count). The summed E-state index contributed by atoms with van der Waals surface area (Å²) < 4.78 is 1.95. The number of Topliss-reactive ketones (excluding diaryl/α,β-unsaturated/α-hetero) is 1. The number of carbonyl (C=O) groups is 2. The molecule has 1 N–H and O–H groups in total. The first-order valence-corrected chi connectivity index (χ1v) is 9.57. The van der Waals surface area contributed by atoms with Crippen molar-refractivity contribution < 1.29 is 9.59 Å². The van der Waals surface area contributed by atoms with Gasteiger partial charge in [0.1, 0.15) is 5.82 Å². The predicted octanol–water partition coefficient (Wildman–Crippen LogP) is 3.35. The van der Waals surface area contributed by atoms with Crippen LogP contribution >= 0.6 is 11.8 Å². The van der Waals surface area contributed by atoms with Crippen LogP contribution in [0.2, 0.25) is 0 Å². The quantitative estimate of drug-likeness (QED) is 0.544. The van der Waals surface area contributed by atoms with E-state index in [9.17, 15) is 9.59 Å². The molecule has 1 aromatic heterocycles. The Bertz CT molecular complexity index is 1060. The first-order chi connectivity index (χ1) is 13.0. The normalized spacial score (nSPS) is 12.7. The number of benzene rings is 2. The molecule has 1 aliphatic heterocycles. The lowest BCUT2D eigenvalue weighted by molar-refractivity contribution is -0.115. The third-order valence-corrected chi connectivity index (χ3v) is 5.37. The highest BCUT2D eigenvalue weighted by Crippen LogP contribution is 2.26. The molecule has 2 aromatic carbocycles. The fourth-order valence-corrected chi connectivity index (χ4v) is 4.01. The Hall–Kier alpha value is -2.93. The Morgan fingerprint density at radius 2 is 2.04 bits per heavy atom. The van der Waals surface area contributed by atoms with Gasteiger partial charge in [0.05, 0.1) is 12.2 Å². The second kappa shape index (κ2) is 7.00. The molecule has 6 nitrogen and oxygen atoms in total. The number of nitrogens with zero attached hydrogens (tertiary/aromatic N) is 3. The number of rotatable bonds is 5.